The van der Waals surface area contributed by atoms with E-state index < -0.39 is 10.0 Å². The predicted molar refractivity (Wildman–Crippen MR) is 140 cm³/mol. The fourth-order valence-electron chi connectivity index (χ4n) is 5.27. The zero-order chi connectivity index (χ0) is 23.9. The fourth-order valence-corrected chi connectivity index (χ4v) is 8.47. The average Bonchev–Trinajstić information content (AvgIpc) is 3.24. The Bertz CT molecular complexity index is 1130. The highest BCUT2D eigenvalue weighted by atomic mass is 79.9. The maximum absolute atomic E-state index is 14.0. The van der Waals surface area contributed by atoms with Crippen molar-refractivity contribution in [2.45, 2.75) is 87.9 Å². The SMILES string of the molecule is CCc1nc2c(s1)C(N(C)S(=O)(=O)c1ccc(Br)cc1N1CCCC(OC3CCC3)C1)CCC2. The number of anilines is 1. The first-order chi connectivity index (χ1) is 16.4. The molecule has 1 aromatic carbocycles. The van der Waals surface area contributed by atoms with E-state index in [1.54, 1.807) is 28.8 Å². The molecule has 3 aliphatic rings. The number of ether oxygens (including phenoxy) is 1. The van der Waals surface area contributed by atoms with Crippen LogP contribution in [0.1, 0.15) is 73.5 Å². The van der Waals surface area contributed by atoms with Gasteiger partial charge < -0.3 is 9.64 Å². The monoisotopic (exact) mass is 567 g/mol. The lowest BCUT2D eigenvalue weighted by Crippen LogP contribution is -2.43. The van der Waals surface area contributed by atoms with Gasteiger partial charge in [0.25, 0.3) is 0 Å². The number of benzene rings is 1. The summed E-state index contributed by atoms with van der Waals surface area (Å²) in [7, 11) is -1.96. The lowest BCUT2D eigenvalue weighted by molar-refractivity contribution is -0.0551. The van der Waals surface area contributed by atoms with Crippen LogP contribution in [0.4, 0.5) is 5.69 Å². The second-order valence-electron chi connectivity index (χ2n) is 9.71. The maximum Gasteiger partial charge on any atom is 0.245 e. The molecule has 1 saturated heterocycles. The Kier molecular flexibility index (Phi) is 7.38. The van der Waals surface area contributed by atoms with Crippen LogP contribution >= 0.6 is 27.3 Å². The first-order valence-electron chi connectivity index (χ1n) is 12.5. The molecule has 2 heterocycles. The van der Waals surface area contributed by atoms with Gasteiger partial charge in [-0.25, -0.2) is 13.4 Å². The molecule has 1 aromatic heterocycles. The first-order valence-corrected chi connectivity index (χ1v) is 15.6. The molecule has 2 aliphatic carbocycles. The van der Waals surface area contributed by atoms with Gasteiger partial charge in [0.05, 0.1) is 34.6 Å². The molecule has 1 saturated carbocycles. The standard InChI is InChI=1S/C25H34BrN3O3S2/c1-3-24-27-20-10-5-11-21(25(20)33-24)28(2)34(30,31)23-13-12-17(26)15-22(23)29-14-6-9-19(16-29)32-18-7-4-8-18/h12-13,15,18-19,21H,3-11,14,16H2,1-2H3. The predicted octanol–water partition coefficient (Wildman–Crippen LogP) is 5.70. The van der Waals surface area contributed by atoms with Gasteiger partial charge in [0.1, 0.15) is 4.90 Å². The van der Waals surface area contributed by atoms with Crippen LogP contribution in [0.3, 0.4) is 0 Å². The molecule has 0 bridgehead atoms. The van der Waals surface area contributed by atoms with E-state index in [2.05, 4.69) is 27.8 Å². The Morgan fingerprint density at radius 2 is 1.97 bits per heavy atom. The third-order valence-electron chi connectivity index (χ3n) is 7.44. The zero-order valence-electron chi connectivity index (χ0n) is 20.0. The summed E-state index contributed by atoms with van der Waals surface area (Å²) in [6.07, 6.45) is 9.77. The fraction of sp³-hybridized carbons (Fsp3) is 0.640. The molecule has 5 rings (SSSR count). The summed E-state index contributed by atoms with van der Waals surface area (Å²) >= 11 is 5.26. The highest BCUT2D eigenvalue weighted by Crippen LogP contribution is 2.42. The van der Waals surface area contributed by atoms with Gasteiger partial charge in [0, 0.05) is 29.5 Å². The van der Waals surface area contributed by atoms with Crippen LogP contribution in [-0.2, 0) is 27.6 Å². The molecule has 0 N–H and O–H groups in total. The van der Waals surface area contributed by atoms with Crippen molar-refractivity contribution in [3.8, 4) is 0 Å². The number of hydrogen-bond acceptors (Lipinski definition) is 6. The quantitative estimate of drug-likeness (QED) is 0.429. The molecule has 2 fully saturated rings. The minimum absolute atomic E-state index is 0.154. The van der Waals surface area contributed by atoms with Gasteiger partial charge in [-0.15, -0.1) is 11.3 Å². The topological polar surface area (TPSA) is 62.7 Å². The minimum Gasteiger partial charge on any atom is -0.373 e. The number of sulfonamides is 1. The molecule has 2 aromatic rings. The summed E-state index contributed by atoms with van der Waals surface area (Å²) in [5, 5.41) is 1.10. The van der Waals surface area contributed by atoms with Crippen LogP contribution in [0.2, 0.25) is 0 Å². The van der Waals surface area contributed by atoms with Crippen molar-refractivity contribution in [1.29, 1.82) is 0 Å². The van der Waals surface area contributed by atoms with Crippen molar-refractivity contribution in [2.75, 3.05) is 25.0 Å². The summed E-state index contributed by atoms with van der Waals surface area (Å²) in [6, 6.07) is 5.40. The van der Waals surface area contributed by atoms with Crippen LogP contribution in [-0.4, -0.2) is 50.1 Å². The van der Waals surface area contributed by atoms with Gasteiger partial charge in [-0.3, -0.25) is 0 Å². The third-order valence-corrected chi connectivity index (χ3v) is 11.2. The summed E-state index contributed by atoms with van der Waals surface area (Å²) in [5.41, 5.74) is 1.86. The minimum atomic E-state index is -3.70. The molecule has 186 valence electrons. The van der Waals surface area contributed by atoms with Crippen LogP contribution in [0.5, 0.6) is 0 Å². The average molecular weight is 569 g/mol. The summed E-state index contributed by atoms with van der Waals surface area (Å²) < 4.78 is 36.9. The largest absolute Gasteiger partial charge is 0.373 e. The molecular weight excluding hydrogens is 534 g/mol. The normalized spacial score (nSPS) is 23.7. The van der Waals surface area contributed by atoms with E-state index in [1.807, 2.05) is 12.1 Å². The van der Waals surface area contributed by atoms with Gasteiger partial charge in [-0.2, -0.15) is 4.31 Å². The van der Waals surface area contributed by atoms with Crippen molar-refractivity contribution in [3.63, 3.8) is 0 Å². The number of thiazole rings is 1. The van der Waals surface area contributed by atoms with Crippen molar-refractivity contribution in [2.24, 2.45) is 0 Å². The van der Waals surface area contributed by atoms with E-state index in [1.165, 1.54) is 6.42 Å². The van der Waals surface area contributed by atoms with E-state index in [0.29, 0.717) is 11.0 Å². The lowest BCUT2D eigenvalue weighted by Gasteiger charge is -2.39. The molecule has 0 amide bonds. The third kappa shape index (κ3) is 4.83. The number of hydrogen-bond donors (Lipinski definition) is 0. The zero-order valence-corrected chi connectivity index (χ0v) is 23.2. The number of piperidine rings is 1. The van der Waals surface area contributed by atoms with Gasteiger partial charge in [-0.1, -0.05) is 22.9 Å². The smallest absolute Gasteiger partial charge is 0.245 e. The molecule has 0 radical (unpaired) electrons. The number of fused-ring (bicyclic) bond motifs is 1. The van der Waals surface area contributed by atoms with E-state index in [0.717, 1.165) is 90.2 Å². The van der Waals surface area contributed by atoms with Crippen molar-refractivity contribution in [1.82, 2.24) is 9.29 Å². The molecule has 6 nitrogen and oxygen atoms in total. The van der Waals surface area contributed by atoms with Crippen molar-refractivity contribution < 1.29 is 13.2 Å². The molecular formula is C25H34BrN3O3S2. The van der Waals surface area contributed by atoms with Gasteiger partial charge in [0.2, 0.25) is 10.0 Å². The second-order valence-corrected chi connectivity index (χ2v) is 13.7. The molecule has 9 heteroatoms. The summed E-state index contributed by atoms with van der Waals surface area (Å²) in [4.78, 5) is 8.50. The summed E-state index contributed by atoms with van der Waals surface area (Å²) in [6.45, 7) is 3.69. The molecule has 0 spiro atoms. The number of aromatic nitrogens is 1. The number of rotatable bonds is 7. The Morgan fingerprint density at radius 3 is 2.71 bits per heavy atom. The molecule has 34 heavy (non-hydrogen) atoms. The van der Waals surface area contributed by atoms with Gasteiger partial charge in [0.15, 0.2) is 0 Å². The maximum atomic E-state index is 14.0. The van der Waals surface area contributed by atoms with E-state index >= 15 is 0 Å². The second kappa shape index (κ2) is 10.2. The Morgan fingerprint density at radius 1 is 1.18 bits per heavy atom. The van der Waals surface area contributed by atoms with Crippen LogP contribution in [0.25, 0.3) is 0 Å². The molecule has 2 unspecified atom stereocenters. The number of halogens is 1. The highest BCUT2D eigenvalue weighted by molar-refractivity contribution is 9.10. The first kappa shape index (κ1) is 24.7. The van der Waals surface area contributed by atoms with Crippen molar-refractivity contribution >= 4 is 43.0 Å². The Labute approximate surface area is 215 Å². The molecule has 2 atom stereocenters. The van der Waals surface area contributed by atoms with Crippen LogP contribution < -0.4 is 4.90 Å². The molecule has 1 aliphatic heterocycles. The highest BCUT2D eigenvalue weighted by Gasteiger charge is 2.37. The number of aryl methyl sites for hydroxylation is 2. The van der Waals surface area contributed by atoms with E-state index in [-0.39, 0.29) is 12.1 Å². The van der Waals surface area contributed by atoms with Crippen LogP contribution in [0, 0.1) is 0 Å². The van der Waals surface area contributed by atoms with Gasteiger partial charge >= 0.3 is 0 Å². The number of nitrogens with zero attached hydrogens (tertiary/aromatic N) is 3. The lowest BCUT2D eigenvalue weighted by atomic mass is 9.95. The van der Waals surface area contributed by atoms with Gasteiger partial charge in [-0.05, 0) is 76.0 Å². The Balaban J connectivity index is 1.44. The Hall–Kier alpha value is -1.00. The summed E-state index contributed by atoms with van der Waals surface area (Å²) in [5.74, 6) is 0. The van der Waals surface area contributed by atoms with E-state index in [9.17, 15) is 8.42 Å². The van der Waals surface area contributed by atoms with Crippen LogP contribution in [0.15, 0.2) is 27.6 Å². The van der Waals surface area contributed by atoms with E-state index in [4.69, 9.17) is 9.72 Å². The van der Waals surface area contributed by atoms with Crippen molar-refractivity contribution in [3.05, 3.63) is 38.3 Å².